The lowest BCUT2D eigenvalue weighted by molar-refractivity contribution is -0.147. The van der Waals surface area contributed by atoms with Gasteiger partial charge >= 0.3 is 6.09 Å². The number of piperazine rings is 1. The van der Waals surface area contributed by atoms with Gasteiger partial charge in [-0.15, -0.1) is 0 Å². The molecule has 1 atom stereocenters. The van der Waals surface area contributed by atoms with E-state index in [2.05, 4.69) is 5.32 Å². The number of halogens is 1. The second kappa shape index (κ2) is 9.37. The quantitative estimate of drug-likeness (QED) is 0.701. The number of rotatable bonds is 4. The largest absolute Gasteiger partial charge is 0.444 e. The molecule has 2 heterocycles. The summed E-state index contributed by atoms with van der Waals surface area (Å²) in [6, 6.07) is 7.32. The Morgan fingerprint density at radius 1 is 1.18 bits per heavy atom. The minimum Gasteiger partial charge on any atom is -0.444 e. The molecule has 1 aromatic rings. The van der Waals surface area contributed by atoms with Crippen LogP contribution in [0.15, 0.2) is 36.0 Å². The number of hydrogen-bond donors (Lipinski definition) is 1. The third-order valence-electron chi connectivity index (χ3n) is 6.60. The van der Waals surface area contributed by atoms with Crippen LogP contribution in [-0.2, 0) is 14.3 Å². The van der Waals surface area contributed by atoms with Crippen LogP contribution in [0.2, 0.25) is 5.02 Å². The highest BCUT2D eigenvalue weighted by molar-refractivity contribution is 6.30. The average molecular weight is 474 g/mol. The summed E-state index contributed by atoms with van der Waals surface area (Å²) in [5.74, 6) is 0.141. The van der Waals surface area contributed by atoms with E-state index < -0.39 is 11.7 Å². The van der Waals surface area contributed by atoms with E-state index in [1.54, 1.807) is 9.80 Å². The highest BCUT2D eigenvalue weighted by Crippen LogP contribution is 2.38. The van der Waals surface area contributed by atoms with E-state index in [4.69, 9.17) is 16.3 Å². The molecule has 7 nitrogen and oxygen atoms in total. The fraction of sp³-hybridized carbons (Fsp3) is 0.560. The van der Waals surface area contributed by atoms with Crippen LogP contribution in [0.5, 0.6) is 0 Å². The second-order valence-electron chi connectivity index (χ2n) is 10.1. The molecule has 1 aromatic carbocycles. The van der Waals surface area contributed by atoms with Crippen molar-refractivity contribution >= 4 is 29.5 Å². The molecule has 0 spiro atoms. The summed E-state index contributed by atoms with van der Waals surface area (Å²) in [6.07, 6.45) is 5.35. The first-order valence-electron chi connectivity index (χ1n) is 11.7. The number of amides is 3. The zero-order valence-electron chi connectivity index (χ0n) is 19.5. The molecular weight excluding hydrogens is 442 g/mol. The molecule has 0 radical (unpaired) electrons. The standard InChI is InChI=1S/C25H32ClN3O4/c1-25(2,3)33-24(32)27-22(17-6-4-7-18(26)14-17)16-9-11-19(12-10-16)29-15-21(30)28-13-5-8-20(28)23(29)31/h4,6-8,14,16,19,22H,5,9-13,15H2,1-3H3,(H,27,32). The monoisotopic (exact) mass is 473 g/mol. The Bertz CT molecular complexity index is 963. The van der Waals surface area contributed by atoms with Crippen LogP contribution >= 0.6 is 11.6 Å². The van der Waals surface area contributed by atoms with E-state index in [9.17, 15) is 14.4 Å². The van der Waals surface area contributed by atoms with Gasteiger partial charge in [0.05, 0.1) is 6.04 Å². The van der Waals surface area contributed by atoms with Crippen molar-refractivity contribution in [3.8, 4) is 0 Å². The number of hydrogen-bond acceptors (Lipinski definition) is 4. The molecule has 0 aromatic heterocycles. The van der Waals surface area contributed by atoms with Gasteiger partial charge in [-0.2, -0.15) is 0 Å². The van der Waals surface area contributed by atoms with E-state index in [0.29, 0.717) is 17.3 Å². The van der Waals surface area contributed by atoms with Gasteiger partial charge in [-0.25, -0.2) is 4.79 Å². The molecule has 2 aliphatic heterocycles. The Labute approximate surface area is 200 Å². The van der Waals surface area contributed by atoms with Gasteiger partial charge in [-0.05, 0) is 76.5 Å². The van der Waals surface area contributed by atoms with Crippen LogP contribution < -0.4 is 5.32 Å². The normalized spacial score (nSPS) is 24.3. The molecule has 178 valence electrons. The average Bonchev–Trinajstić information content (AvgIpc) is 3.25. The summed E-state index contributed by atoms with van der Waals surface area (Å²) >= 11 is 6.24. The predicted molar refractivity (Wildman–Crippen MR) is 125 cm³/mol. The summed E-state index contributed by atoms with van der Waals surface area (Å²) in [4.78, 5) is 41.5. The van der Waals surface area contributed by atoms with Crippen molar-refractivity contribution in [2.75, 3.05) is 13.1 Å². The number of ether oxygens (including phenoxy) is 1. The molecule has 1 unspecified atom stereocenters. The summed E-state index contributed by atoms with van der Waals surface area (Å²) in [5.41, 5.74) is 0.884. The van der Waals surface area contributed by atoms with Gasteiger partial charge in [-0.1, -0.05) is 29.8 Å². The van der Waals surface area contributed by atoms with E-state index in [1.807, 2.05) is 51.1 Å². The molecule has 4 rings (SSSR count). The minimum absolute atomic E-state index is 0.00358. The fourth-order valence-corrected chi connectivity index (χ4v) is 5.32. The van der Waals surface area contributed by atoms with Crippen LogP contribution in [0.25, 0.3) is 0 Å². The second-order valence-corrected chi connectivity index (χ2v) is 10.5. The highest BCUT2D eigenvalue weighted by Gasteiger charge is 2.41. The van der Waals surface area contributed by atoms with Gasteiger partial charge in [0.15, 0.2) is 0 Å². The molecule has 1 N–H and O–H groups in total. The summed E-state index contributed by atoms with van der Waals surface area (Å²) in [7, 11) is 0. The molecule has 3 amide bonds. The molecule has 33 heavy (non-hydrogen) atoms. The smallest absolute Gasteiger partial charge is 0.408 e. The van der Waals surface area contributed by atoms with Crippen molar-refractivity contribution in [1.29, 1.82) is 0 Å². The van der Waals surface area contributed by atoms with Crippen LogP contribution in [-0.4, -0.2) is 52.4 Å². The number of alkyl carbamates (subject to hydrolysis) is 1. The summed E-state index contributed by atoms with van der Waals surface area (Å²) in [5, 5.41) is 3.67. The van der Waals surface area contributed by atoms with E-state index in [-0.39, 0.29) is 36.4 Å². The Morgan fingerprint density at radius 3 is 2.58 bits per heavy atom. The van der Waals surface area contributed by atoms with Gasteiger partial charge in [0.25, 0.3) is 5.91 Å². The third kappa shape index (κ3) is 5.35. The van der Waals surface area contributed by atoms with Gasteiger partial charge in [0.2, 0.25) is 5.91 Å². The highest BCUT2D eigenvalue weighted by atomic mass is 35.5. The lowest BCUT2D eigenvalue weighted by Crippen LogP contribution is -2.55. The zero-order chi connectivity index (χ0) is 23.8. The van der Waals surface area contributed by atoms with Crippen molar-refractivity contribution in [1.82, 2.24) is 15.1 Å². The van der Waals surface area contributed by atoms with Crippen molar-refractivity contribution < 1.29 is 19.1 Å². The van der Waals surface area contributed by atoms with Crippen molar-refractivity contribution in [3.63, 3.8) is 0 Å². The van der Waals surface area contributed by atoms with Crippen LogP contribution in [0.1, 0.15) is 64.5 Å². The molecule has 1 saturated carbocycles. The zero-order valence-corrected chi connectivity index (χ0v) is 20.2. The number of benzene rings is 1. The molecular formula is C25H32ClN3O4. The van der Waals surface area contributed by atoms with Crippen molar-refractivity contribution in [3.05, 3.63) is 46.6 Å². The Hall–Kier alpha value is -2.54. The van der Waals surface area contributed by atoms with Crippen molar-refractivity contribution in [2.24, 2.45) is 5.92 Å². The molecule has 2 fully saturated rings. The SMILES string of the molecule is CC(C)(C)OC(=O)NC(c1cccc(Cl)c1)C1CCC(N2CC(=O)N3CCC=C3C2=O)CC1. The van der Waals surface area contributed by atoms with Gasteiger partial charge in [0, 0.05) is 17.6 Å². The molecule has 8 heteroatoms. The van der Waals surface area contributed by atoms with Gasteiger partial charge < -0.3 is 19.9 Å². The van der Waals surface area contributed by atoms with E-state index in [1.165, 1.54) is 0 Å². The number of carbonyl (C=O) groups excluding carboxylic acids is 3. The maximum Gasteiger partial charge on any atom is 0.408 e. The number of fused-ring (bicyclic) bond motifs is 1. The predicted octanol–water partition coefficient (Wildman–Crippen LogP) is 4.42. The summed E-state index contributed by atoms with van der Waals surface area (Å²) < 4.78 is 5.51. The Balaban J connectivity index is 1.46. The molecule has 0 bridgehead atoms. The van der Waals surface area contributed by atoms with Crippen LogP contribution in [0.3, 0.4) is 0 Å². The number of nitrogens with one attached hydrogen (secondary N) is 1. The van der Waals surface area contributed by atoms with Crippen LogP contribution in [0, 0.1) is 5.92 Å². The molecule has 1 aliphatic carbocycles. The molecule has 3 aliphatic rings. The van der Waals surface area contributed by atoms with E-state index in [0.717, 1.165) is 37.7 Å². The fourth-order valence-electron chi connectivity index (χ4n) is 5.12. The first kappa shape index (κ1) is 23.6. The van der Waals surface area contributed by atoms with Gasteiger partial charge in [0.1, 0.15) is 17.8 Å². The number of carbonyl (C=O) groups is 3. The molecule has 1 saturated heterocycles. The Kier molecular flexibility index (Phi) is 6.71. The Morgan fingerprint density at radius 2 is 1.91 bits per heavy atom. The summed E-state index contributed by atoms with van der Waals surface area (Å²) in [6.45, 7) is 6.27. The maximum atomic E-state index is 13.0. The third-order valence-corrected chi connectivity index (χ3v) is 6.84. The van der Waals surface area contributed by atoms with Gasteiger partial charge in [-0.3, -0.25) is 9.59 Å². The van der Waals surface area contributed by atoms with Crippen LogP contribution in [0.4, 0.5) is 4.79 Å². The van der Waals surface area contributed by atoms with E-state index >= 15 is 0 Å². The minimum atomic E-state index is -0.593. The lowest BCUT2D eigenvalue weighted by atomic mass is 9.78. The maximum absolute atomic E-state index is 13.0. The number of nitrogens with zero attached hydrogens (tertiary/aromatic N) is 2. The topological polar surface area (TPSA) is 79.0 Å². The first-order valence-corrected chi connectivity index (χ1v) is 12.1. The first-order chi connectivity index (χ1) is 15.6. The lowest BCUT2D eigenvalue weighted by Gasteiger charge is -2.42. The van der Waals surface area contributed by atoms with Crippen molar-refractivity contribution in [2.45, 2.75) is 70.6 Å².